The third-order valence-electron chi connectivity index (χ3n) is 4.79. The Kier molecular flexibility index (Phi) is 4.22. The van der Waals surface area contributed by atoms with Crippen LogP contribution in [-0.4, -0.2) is 24.1 Å². The molecule has 0 N–H and O–H groups in total. The molecule has 5 rings (SSSR count). The number of rotatable bonds is 4. The molecule has 6 heteroatoms. The quantitative estimate of drug-likeness (QED) is 0.478. The van der Waals surface area contributed by atoms with Crippen LogP contribution in [0, 0.1) is 0 Å². The highest BCUT2D eigenvalue weighted by Crippen LogP contribution is 2.22. The van der Waals surface area contributed by atoms with Gasteiger partial charge in [0.2, 0.25) is 0 Å². The van der Waals surface area contributed by atoms with Gasteiger partial charge in [-0.15, -0.1) is 0 Å². The van der Waals surface area contributed by atoms with E-state index in [9.17, 15) is 4.79 Å². The van der Waals surface area contributed by atoms with Gasteiger partial charge in [-0.05, 0) is 35.4 Å². The summed E-state index contributed by atoms with van der Waals surface area (Å²) in [5.41, 5.74) is 4.35. The first-order valence-electron chi connectivity index (χ1n) is 9.28. The van der Waals surface area contributed by atoms with Crippen LogP contribution in [0.3, 0.4) is 0 Å². The molecule has 0 aliphatic rings. The molecule has 0 atom stereocenters. The Balaban J connectivity index is 1.72. The van der Waals surface area contributed by atoms with Crippen molar-refractivity contribution in [3.05, 3.63) is 108 Å². The Labute approximate surface area is 166 Å². The average molecular weight is 379 g/mol. The van der Waals surface area contributed by atoms with E-state index in [4.69, 9.17) is 0 Å². The lowest BCUT2D eigenvalue weighted by molar-refractivity contribution is 0.753. The molecule has 140 valence electrons. The minimum absolute atomic E-state index is 0.185. The topological polar surface area (TPSA) is 65.6 Å². The van der Waals surface area contributed by atoms with Crippen LogP contribution in [0.25, 0.3) is 28.0 Å². The molecule has 2 aromatic carbocycles. The lowest BCUT2D eigenvalue weighted by Crippen LogP contribution is -2.26. The van der Waals surface area contributed by atoms with E-state index in [-0.39, 0.29) is 5.56 Å². The molecule has 0 aliphatic heterocycles. The Morgan fingerprint density at radius 3 is 2.55 bits per heavy atom. The standard InChI is InChI=1S/C23H17N5O/c29-23-21(15-27-13-12-24-16-27)26-20-10-5-11-25-22(20)28(23)19-9-4-8-18(14-19)17-6-2-1-3-7-17/h1-14,16H,15H2. The summed E-state index contributed by atoms with van der Waals surface area (Å²) in [6.45, 7) is 0.349. The van der Waals surface area contributed by atoms with Crippen molar-refractivity contribution >= 4 is 11.2 Å². The van der Waals surface area contributed by atoms with E-state index < -0.39 is 0 Å². The Morgan fingerprint density at radius 2 is 1.72 bits per heavy atom. The summed E-state index contributed by atoms with van der Waals surface area (Å²) in [7, 11) is 0. The van der Waals surface area contributed by atoms with Gasteiger partial charge in [0.05, 0.1) is 18.6 Å². The lowest BCUT2D eigenvalue weighted by Gasteiger charge is -2.13. The molecule has 0 radical (unpaired) electrons. The van der Waals surface area contributed by atoms with Gasteiger partial charge in [-0.2, -0.15) is 0 Å². The van der Waals surface area contributed by atoms with E-state index in [0.717, 1.165) is 16.8 Å². The SMILES string of the molecule is O=c1c(Cn2ccnc2)nc2cccnc2n1-c1cccc(-c2ccccc2)c1. The van der Waals surface area contributed by atoms with Gasteiger partial charge in [-0.1, -0.05) is 42.5 Å². The number of fused-ring (bicyclic) bond motifs is 1. The van der Waals surface area contributed by atoms with Crippen LogP contribution in [-0.2, 0) is 6.54 Å². The highest BCUT2D eigenvalue weighted by Gasteiger charge is 2.14. The summed E-state index contributed by atoms with van der Waals surface area (Å²) in [5, 5.41) is 0. The highest BCUT2D eigenvalue weighted by atomic mass is 16.1. The Morgan fingerprint density at radius 1 is 0.862 bits per heavy atom. The number of benzene rings is 2. The fourth-order valence-corrected chi connectivity index (χ4v) is 3.42. The number of aromatic nitrogens is 5. The van der Waals surface area contributed by atoms with Gasteiger partial charge in [-0.25, -0.2) is 15.0 Å². The van der Waals surface area contributed by atoms with Crippen molar-refractivity contribution < 1.29 is 0 Å². The number of pyridine rings is 1. The van der Waals surface area contributed by atoms with Crippen LogP contribution >= 0.6 is 0 Å². The van der Waals surface area contributed by atoms with Crippen molar-refractivity contribution in [1.82, 2.24) is 24.1 Å². The smallest absolute Gasteiger partial charge is 0.280 e. The summed E-state index contributed by atoms with van der Waals surface area (Å²) in [6, 6.07) is 21.7. The maximum atomic E-state index is 13.4. The molecule has 0 spiro atoms. The summed E-state index contributed by atoms with van der Waals surface area (Å²) in [5.74, 6) is 0. The molecule has 0 fully saturated rings. The van der Waals surface area contributed by atoms with Gasteiger partial charge in [-0.3, -0.25) is 9.36 Å². The molecule has 3 heterocycles. The van der Waals surface area contributed by atoms with Gasteiger partial charge in [0.15, 0.2) is 5.65 Å². The van der Waals surface area contributed by atoms with Crippen LogP contribution in [0.5, 0.6) is 0 Å². The van der Waals surface area contributed by atoms with Crippen LogP contribution in [0.4, 0.5) is 0 Å². The second-order valence-electron chi connectivity index (χ2n) is 6.70. The summed E-state index contributed by atoms with van der Waals surface area (Å²) < 4.78 is 3.47. The first-order valence-corrected chi connectivity index (χ1v) is 9.28. The van der Waals surface area contributed by atoms with Gasteiger partial charge in [0, 0.05) is 18.6 Å². The predicted molar refractivity (Wildman–Crippen MR) is 112 cm³/mol. The number of hydrogen-bond donors (Lipinski definition) is 0. The molecule has 5 aromatic rings. The summed E-state index contributed by atoms with van der Waals surface area (Å²) in [4.78, 5) is 26.4. The maximum Gasteiger partial charge on any atom is 0.280 e. The number of nitrogens with zero attached hydrogens (tertiary/aromatic N) is 5. The van der Waals surface area contributed by atoms with E-state index >= 15 is 0 Å². The van der Waals surface area contributed by atoms with Crippen LogP contribution < -0.4 is 5.56 Å². The first kappa shape index (κ1) is 17.1. The zero-order chi connectivity index (χ0) is 19.6. The monoisotopic (exact) mass is 379 g/mol. The van der Waals surface area contributed by atoms with E-state index in [1.54, 1.807) is 23.3 Å². The van der Waals surface area contributed by atoms with Crippen LogP contribution in [0.15, 0.2) is 96.4 Å². The molecule has 6 nitrogen and oxygen atoms in total. The average Bonchev–Trinajstić information content (AvgIpc) is 3.28. The molecule has 0 unspecified atom stereocenters. The highest BCUT2D eigenvalue weighted by molar-refractivity contribution is 5.73. The molecule has 0 saturated carbocycles. The van der Waals surface area contributed by atoms with E-state index in [2.05, 4.69) is 27.1 Å². The predicted octanol–water partition coefficient (Wildman–Crippen LogP) is 3.69. The maximum absolute atomic E-state index is 13.4. The molecule has 29 heavy (non-hydrogen) atoms. The molecular weight excluding hydrogens is 362 g/mol. The number of imidazole rings is 1. The largest absolute Gasteiger partial charge is 0.331 e. The van der Waals surface area contributed by atoms with Crippen molar-refractivity contribution in [2.24, 2.45) is 0 Å². The van der Waals surface area contributed by atoms with Crippen molar-refractivity contribution in [2.75, 3.05) is 0 Å². The minimum Gasteiger partial charge on any atom is -0.331 e. The first-order chi connectivity index (χ1) is 14.3. The molecule has 0 aliphatic carbocycles. The normalized spacial score (nSPS) is 11.0. The minimum atomic E-state index is -0.185. The molecular formula is C23H17N5O. The van der Waals surface area contributed by atoms with Gasteiger partial charge in [0.1, 0.15) is 11.2 Å². The number of hydrogen-bond acceptors (Lipinski definition) is 4. The molecule has 0 bridgehead atoms. The summed E-state index contributed by atoms with van der Waals surface area (Å²) in [6.07, 6.45) is 6.85. The zero-order valence-corrected chi connectivity index (χ0v) is 15.5. The van der Waals surface area contributed by atoms with E-state index in [0.29, 0.717) is 23.4 Å². The van der Waals surface area contributed by atoms with Gasteiger partial charge < -0.3 is 4.57 Å². The Hall–Kier alpha value is -4.06. The fourth-order valence-electron chi connectivity index (χ4n) is 3.42. The van der Waals surface area contributed by atoms with Crippen LogP contribution in [0.2, 0.25) is 0 Å². The fraction of sp³-hybridized carbons (Fsp3) is 0.0435. The zero-order valence-electron chi connectivity index (χ0n) is 15.5. The molecule has 0 saturated heterocycles. The van der Waals surface area contributed by atoms with E-state index in [1.807, 2.05) is 65.4 Å². The third-order valence-corrected chi connectivity index (χ3v) is 4.79. The van der Waals surface area contributed by atoms with E-state index in [1.165, 1.54) is 0 Å². The molecule has 0 amide bonds. The van der Waals surface area contributed by atoms with Gasteiger partial charge >= 0.3 is 0 Å². The Bertz CT molecular complexity index is 1340. The summed E-state index contributed by atoms with van der Waals surface area (Å²) >= 11 is 0. The second kappa shape index (κ2) is 7.16. The van der Waals surface area contributed by atoms with Gasteiger partial charge in [0.25, 0.3) is 5.56 Å². The lowest BCUT2D eigenvalue weighted by atomic mass is 10.1. The van der Waals surface area contributed by atoms with Crippen molar-refractivity contribution in [2.45, 2.75) is 6.54 Å². The van der Waals surface area contributed by atoms with Crippen LogP contribution in [0.1, 0.15) is 5.69 Å². The van der Waals surface area contributed by atoms with Crippen molar-refractivity contribution in [3.8, 4) is 16.8 Å². The van der Waals surface area contributed by atoms with Crippen molar-refractivity contribution in [1.29, 1.82) is 0 Å². The molecule has 3 aromatic heterocycles. The van der Waals surface area contributed by atoms with Crippen molar-refractivity contribution in [3.63, 3.8) is 0 Å². The third kappa shape index (κ3) is 3.21. The second-order valence-corrected chi connectivity index (χ2v) is 6.70.